The van der Waals surface area contributed by atoms with Crippen LogP contribution in [-0.2, 0) is 18.3 Å². The molecule has 0 radical (unpaired) electrons. The number of rotatable bonds is 6. The molecule has 2 aliphatic heterocycles. The van der Waals surface area contributed by atoms with E-state index in [1.54, 1.807) is 33.7 Å². The van der Waals surface area contributed by atoms with Gasteiger partial charge in [0.2, 0.25) is 0 Å². The molecule has 0 unspecified atom stereocenters. The van der Waals surface area contributed by atoms with Crippen molar-refractivity contribution in [3.63, 3.8) is 0 Å². The van der Waals surface area contributed by atoms with Crippen molar-refractivity contribution in [1.82, 2.24) is 28.9 Å². The number of imidazole rings is 1. The molecule has 3 aromatic heterocycles. The summed E-state index contributed by atoms with van der Waals surface area (Å²) in [6, 6.07) is 8.77. The molecule has 238 valence electrons. The second kappa shape index (κ2) is 11.0. The van der Waals surface area contributed by atoms with E-state index in [1.165, 1.54) is 6.07 Å². The SMILES string of the molecule is Cn1c(-c2cc3cccnc3n2CC2CC2)nc2cc(C(=O)N3CC[C@H]4CCN(C(=O)OC(C)(C)C)[C@@H]4C3)cc(OC(F)F)c21. The molecule has 5 heterocycles. The summed E-state index contributed by atoms with van der Waals surface area (Å²) < 4.78 is 42.0. The number of alkyl halides is 2. The number of pyridine rings is 1. The van der Waals surface area contributed by atoms with Gasteiger partial charge in [0.25, 0.3) is 5.91 Å². The Morgan fingerprint density at radius 2 is 1.87 bits per heavy atom. The number of benzene rings is 1. The summed E-state index contributed by atoms with van der Waals surface area (Å²) in [6.45, 7) is 4.62. The summed E-state index contributed by atoms with van der Waals surface area (Å²) in [6.07, 6.45) is 5.28. The summed E-state index contributed by atoms with van der Waals surface area (Å²) in [5.74, 6) is 0.989. The number of amides is 2. The highest BCUT2D eigenvalue weighted by molar-refractivity contribution is 6.00. The lowest BCUT2D eigenvalue weighted by Crippen LogP contribution is -2.52. The van der Waals surface area contributed by atoms with Crippen molar-refractivity contribution in [2.75, 3.05) is 19.6 Å². The Kier molecular flexibility index (Phi) is 7.20. The smallest absolute Gasteiger partial charge is 0.410 e. The van der Waals surface area contributed by atoms with Crippen molar-refractivity contribution in [2.24, 2.45) is 18.9 Å². The van der Waals surface area contributed by atoms with Crippen molar-refractivity contribution in [3.8, 4) is 17.3 Å². The van der Waals surface area contributed by atoms with Crippen molar-refractivity contribution >= 4 is 34.1 Å². The van der Waals surface area contributed by atoms with Gasteiger partial charge < -0.3 is 28.4 Å². The van der Waals surface area contributed by atoms with Gasteiger partial charge in [-0.05, 0) is 88.6 Å². The topological polar surface area (TPSA) is 94.7 Å². The van der Waals surface area contributed by atoms with Crippen LogP contribution in [0.1, 0.15) is 56.8 Å². The fraction of sp³-hybridized carbons (Fsp3) is 0.515. The molecule has 3 aliphatic rings. The number of carbonyl (C=O) groups excluding carboxylic acids is 2. The predicted molar refractivity (Wildman–Crippen MR) is 164 cm³/mol. The molecule has 1 saturated carbocycles. The van der Waals surface area contributed by atoms with Gasteiger partial charge in [-0.3, -0.25) is 4.79 Å². The molecule has 7 rings (SSSR count). The maximum atomic E-state index is 13.9. The zero-order valence-electron chi connectivity index (χ0n) is 26.0. The van der Waals surface area contributed by atoms with Gasteiger partial charge >= 0.3 is 12.7 Å². The molecule has 4 aromatic rings. The van der Waals surface area contributed by atoms with Crippen LogP contribution in [0.2, 0.25) is 0 Å². The summed E-state index contributed by atoms with van der Waals surface area (Å²) >= 11 is 0. The number of nitrogens with zero attached hydrogens (tertiary/aromatic N) is 6. The first-order valence-electron chi connectivity index (χ1n) is 15.7. The minimum absolute atomic E-state index is 0.110. The van der Waals surface area contributed by atoms with Crippen LogP contribution in [0.15, 0.2) is 36.5 Å². The van der Waals surface area contributed by atoms with E-state index in [2.05, 4.69) is 9.55 Å². The minimum atomic E-state index is -3.08. The quantitative estimate of drug-likeness (QED) is 0.260. The maximum absolute atomic E-state index is 13.9. The third-order valence-electron chi connectivity index (χ3n) is 9.20. The molecule has 2 atom stereocenters. The number of hydrogen-bond donors (Lipinski definition) is 0. The van der Waals surface area contributed by atoms with E-state index in [4.69, 9.17) is 14.5 Å². The second-order valence-corrected chi connectivity index (χ2v) is 13.5. The minimum Gasteiger partial charge on any atom is -0.444 e. The predicted octanol–water partition coefficient (Wildman–Crippen LogP) is 6.07. The van der Waals surface area contributed by atoms with Crippen molar-refractivity contribution < 1.29 is 27.8 Å². The lowest BCUT2D eigenvalue weighted by Gasteiger charge is -2.38. The fourth-order valence-electron chi connectivity index (χ4n) is 6.92. The molecule has 12 heteroatoms. The third-order valence-corrected chi connectivity index (χ3v) is 9.20. The molecule has 1 aromatic carbocycles. The van der Waals surface area contributed by atoms with E-state index in [1.807, 2.05) is 39.0 Å². The molecule has 3 fully saturated rings. The highest BCUT2D eigenvalue weighted by Gasteiger charge is 2.43. The van der Waals surface area contributed by atoms with Gasteiger partial charge in [0, 0.05) is 50.4 Å². The maximum Gasteiger partial charge on any atom is 0.410 e. The van der Waals surface area contributed by atoms with Gasteiger partial charge in [-0.15, -0.1) is 0 Å². The molecular formula is C33H38F2N6O4. The van der Waals surface area contributed by atoms with Crippen molar-refractivity contribution in [1.29, 1.82) is 0 Å². The molecule has 2 saturated heterocycles. The first kappa shape index (κ1) is 29.5. The van der Waals surface area contributed by atoms with Crippen LogP contribution < -0.4 is 4.74 Å². The van der Waals surface area contributed by atoms with Gasteiger partial charge in [0.15, 0.2) is 11.6 Å². The van der Waals surface area contributed by atoms with Crippen LogP contribution in [0, 0.1) is 11.8 Å². The van der Waals surface area contributed by atoms with Crippen molar-refractivity contribution in [2.45, 2.75) is 71.3 Å². The van der Waals surface area contributed by atoms with Crippen LogP contribution in [0.5, 0.6) is 5.75 Å². The Hall–Kier alpha value is -4.22. The monoisotopic (exact) mass is 620 g/mol. The summed E-state index contributed by atoms with van der Waals surface area (Å²) in [5.41, 5.74) is 2.03. The number of aromatic nitrogens is 4. The van der Waals surface area contributed by atoms with E-state index in [0.717, 1.165) is 49.0 Å². The Balaban J connectivity index is 1.24. The third kappa shape index (κ3) is 5.59. The molecule has 10 nitrogen and oxygen atoms in total. The number of ether oxygens (including phenoxy) is 2. The first-order valence-corrected chi connectivity index (χ1v) is 15.7. The van der Waals surface area contributed by atoms with E-state index in [-0.39, 0.29) is 35.3 Å². The lowest BCUT2D eigenvalue weighted by atomic mass is 9.92. The number of hydrogen-bond acceptors (Lipinski definition) is 6. The second-order valence-electron chi connectivity index (χ2n) is 13.5. The number of piperidine rings is 1. The number of halogens is 2. The Bertz CT molecular complexity index is 1790. The van der Waals surface area contributed by atoms with Gasteiger partial charge in [-0.1, -0.05) is 0 Å². The van der Waals surface area contributed by atoms with Crippen LogP contribution >= 0.6 is 0 Å². The molecule has 2 amide bonds. The van der Waals surface area contributed by atoms with E-state index >= 15 is 0 Å². The van der Waals surface area contributed by atoms with E-state index in [0.29, 0.717) is 42.4 Å². The Morgan fingerprint density at radius 3 is 2.60 bits per heavy atom. The molecule has 0 bridgehead atoms. The summed E-state index contributed by atoms with van der Waals surface area (Å²) in [7, 11) is 1.77. The van der Waals surface area contributed by atoms with Crippen molar-refractivity contribution in [3.05, 3.63) is 42.1 Å². The van der Waals surface area contributed by atoms with Crippen LogP contribution in [-0.4, -0.2) is 78.8 Å². The standard InChI is InChI=1S/C33H38F2N6O4/c1-33(2,3)45-32(43)40-13-10-20-9-12-39(18-25(20)40)30(42)22-14-23-27(26(16-22)44-31(34)35)38(4)29(37-23)24-15-21-6-5-11-36-28(21)41(24)17-19-7-8-19/h5-6,11,14-16,19-20,25,31H,7-10,12-13,17-18H2,1-4H3/t20-,25+/m0/s1. The summed E-state index contributed by atoms with van der Waals surface area (Å²) in [4.78, 5) is 39.8. The first-order chi connectivity index (χ1) is 21.5. The van der Waals surface area contributed by atoms with Gasteiger partial charge in [-0.2, -0.15) is 8.78 Å². The highest BCUT2D eigenvalue weighted by Crippen LogP contribution is 2.39. The van der Waals surface area contributed by atoms with E-state index in [9.17, 15) is 18.4 Å². The van der Waals surface area contributed by atoms with E-state index < -0.39 is 12.2 Å². The van der Waals surface area contributed by atoms with Gasteiger partial charge in [0.05, 0.1) is 17.3 Å². The lowest BCUT2D eigenvalue weighted by molar-refractivity contribution is -0.0490. The Morgan fingerprint density at radius 1 is 1.09 bits per heavy atom. The molecule has 1 aliphatic carbocycles. The normalized spacial score (nSPS) is 20.3. The number of aryl methyl sites for hydroxylation is 1. The number of likely N-dealkylation sites (tertiary alicyclic amines) is 2. The van der Waals surface area contributed by atoms with Crippen LogP contribution in [0.4, 0.5) is 13.6 Å². The average molecular weight is 621 g/mol. The number of fused-ring (bicyclic) bond motifs is 3. The molecule has 45 heavy (non-hydrogen) atoms. The fourth-order valence-corrected chi connectivity index (χ4v) is 6.92. The summed E-state index contributed by atoms with van der Waals surface area (Å²) in [5, 5.41) is 0.968. The van der Waals surface area contributed by atoms with Crippen LogP contribution in [0.3, 0.4) is 0 Å². The van der Waals surface area contributed by atoms with Crippen LogP contribution in [0.25, 0.3) is 33.6 Å². The molecule has 0 spiro atoms. The zero-order chi connectivity index (χ0) is 31.6. The van der Waals surface area contributed by atoms with Gasteiger partial charge in [0.1, 0.15) is 16.8 Å². The Labute approximate surface area is 259 Å². The molecule has 0 N–H and O–H groups in total. The highest BCUT2D eigenvalue weighted by atomic mass is 19.3. The zero-order valence-corrected chi connectivity index (χ0v) is 26.0. The number of carbonyl (C=O) groups is 2. The average Bonchev–Trinajstić information content (AvgIpc) is 3.44. The largest absolute Gasteiger partial charge is 0.444 e. The molecular weight excluding hydrogens is 582 g/mol. The van der Waals surface area contributed by atoms with Gasteiger partial charge in [-0.25, -0.2) is 14.8 Å².